The summed E-state index contributed by atoms with van der Waals surface area (Å²) in [6, 6.07) is 12.3. The number of guanidine groups is 1. The van der Waals surface area contributed by atoms with Gasteiger partial charge in [0.25, 0.3) is 0 Å². The molecule has 3 rings (SSSR count). The molecule has 2 aromatic rings. The number of aliphatic imine (C=N–C) groups is 1. The van der Waals surface area contributed by atoms with Gasteiger partial charge in [0, 0.05) is 19.5 Å². The molecule has 27 heavy (non-hydrogen) atoms. The first-order valence-electron chi connectivity index (χ1n) is 8.90. The topological polar surface area (TPSA) is 54.9 Å². The molecule has 1 aliphatic rings. The highest BCUT2D eigenvalue weighted by molar-refractivity contribution is 14.0. The molecule has 146 valence electrons. The van der Waals surface area contributed by atoms with Gasteiger partial charge in [-0.2, -0.15) is 0 Å². The van der Waals surface area contributed by atoms with Gasteiger partial charge in [0.05, 0.1) is 19.8 Å². The van der Waals surface area contributed by atoms with Gasteiger partial charge in [0.15, 0.2) is 17.5 Å². The van der Waals surface area contributed by atoms with E-state index in [4.69, 9.17) is 9.47 Å². The summed E-state index contributed by atoms with van der Waals surface area (Å²) in [4.78, 5) is 4.61. The van der Waals surface area contributed by atoms with Crippen molar-refractivity contribution in [1.29, 1.82) is 0 Å². The minimum Gasteiger partial charge on any atom is -0.490 e. The van der Waals surface area contributed by atoms with E-state index >= 15 is 0 Å². The molecule has 0 spiro atoms. The van der Waals surface area contributed by atoms with Crippen LogP contribution >= 0.6 is 24.0 Å². The molecule has 1 heterocycles. The van der Waals surface area contributed by atoms with Crippen molar-refractivity contribution in [2.24, 2.45) is 4.99 Å². The lowest BCUT2D eigenvalue weighted by molar-refractivity contribution is 0.297. The van der Waals surface area contributed by atoms with Crippen LogP contribution in [0.25, 0.3) is 0 Å². The average Bonchev–Trinajstić information content (AvgIpc) is 2.90. The molecular formula is C20H25FIN3O2. The zero-order chi connectivity index (χ0) is 18.2. The quantitative estimate of drug-likeness (QED) is 0.384. The fourth-order valence-corrected chi connectivity index (χ4v) is 2.61. The molecular weight excluding hydrogens is 460 g/mol. The smallest absolute Gasteiger partial charge is 0.191 e. The third kappa shape index (κ3) is 6.57. The highest BCUT2D eigenvalue weighted by Crippen LogP contribution is 2.30. The zero-order valence-corrected chi connectivity index (χ0v) is 17.7. The maximum absolute atomic E-state index is 13.0. The van der Waals surface area contributed by atoms with E-state index in [2.05, 4.69) is 15.6 Å². The van der Waals surface area contributed by atoms with E-state index in [1.807, 2.05) is 25.1 Å². The molecule has 0 saturated heterocycles. The Morgan fingerprint density at radius 1 is 1.00 bits per heavy atom. The summed E-state index contributed by atoms with van der Waals surface area (Å²) >= 11 is 0. The van der Waals surface area contributed by atoms with Crippen molar-refractivity contribution in [3.05, 3.63) is 59.4 Å². The normalized spacial score (nSPS) is 13.3. The van der Waals surface area contributed by atoms with Crippen molar-refractivity contribution >= 4 is 29.9 Å². The molecule has 2 N–H and O–H groups in total. The summed E-state index contributed by atoms with van der Waals surface area (Å²) < 4.78 is 24.4. The van der Waals surface area contributed by atoms with E-state index < -0.39 is 0 Å². The number of hydrogen-bond donors (Lipinski definition) is 2. The van der Waals surface area contributed by atoms with Gasteiger partial charge in [-0.25, -0.2) is 9.38 Å². The molecule has 0 bridgehead atoms. The number of nitrogens with one attached hydrogen (secondary N) is 2. The highest BCUT2D eigenvalue weighted by Gasteiger charge is 2.10. The van der Waals surface area contributed by atoms with Crippen molar-refractivity contribution < 1.29 is 13.9 Å². The Bertz CT molecular complexity index is 753. The largest absolute Gasteiger partial charge is 0.490 e. The molecule has 5 nitrogen and oxygen atoms in total. The third-order valence-corrected chi connectivity index (χ3v) is 3.95. The number of ether oxygens (including phenoxy) is 2. The summed E-state index contributed by atoms with van der Waals surface area (Å²) in [7, 11) is 0. The molecule has 0 amide bonds. The van der Waals surface area contributed by atoms with Crippen LogP contribution in [0.3, 0.4) is 0 Å². The fourth-order valence-electron chi connectivity index (χ4n) is 2.61. The van der Waals surface area contributed by atoms with Gasteiger partial charge in [-0.15, -0.1) is 24.0 Å². The van der Waals surface area contributed by atoms with E-state index in [1.54, 1.807) is 12.1 Å². The van der Waals surface area contributed by atoms with Crippen molar-refractivity contribution in [2.45, 2.75) is 26.4 Å². The van der Waals surface area contributed by atoms with Crippen LogP contribution < -0.4 is 20.1 Å². The first kappa shape index (κ1) is 21.3. The Kier molecular flexibility index (Phi) is 8.63. The fraction of sp³-hybridized carbons (Fsp3) is 0.350. The van der Waals surface area contributed by atoms with Crippen LogP contribution in [0, 0.1) is 5.82 Å². The van der Waals surface area contributed by atoms with Gasteiger partial charge in [-0.3, -0.25) is 0 Å². The van der Waals surface area contributed by atoms with Crippen LogP contribution in [0.5, 0.6) is 11.5 Å². The lowest BCUT2D eigenvalue weighted by atomic mass is 10.2. The molecule has 7 heteroatoms. The summed E-state index contributed by atoms with van der Waals surface area (Å²) in [5.41, 5.74) is 2.04. The van der Waals surface area contributed by atoms with Crippen LogP contribution in [0.1, 0.15) is 24.5 Å². The van der Waals surface area contributed by atoms with Crippen molar-refractivity contribution in [1.82, 2.24) is 10.6 Å². The monoisotopic (exact) mass is 485 g/mol. The molecule has 0 atom stereocenters. The first-order valence-corrected chi connectivity index (χ1v) is 8.90. The Labute approximate surface area is 176 Å². The second-order valence-corrected chi connectivity index (χ2v) is 6.01. The maximum atomic E-state index is 13.0. The summed E-state index contributed by atoms with van der Waals surface area (Å²) in [6.07, 6.45) is 0.889. The summed E-state index contributed by atoms with van der Waals surface area (Å²) in [6.45, 7) is 5.23. The molecule has 0 saturated carbocycles. The van der Waals surface area contributed by atoms with E-state index in [1.165, 1.54) is 12.1 Å². The third-order valence-electron chi connectivity index (χ3n) is 3.95. The Balaban J connectivity index is 0.00000261. The average molecular weight is 485 g/mol. The van der Waals surface area contributed by atoms with Gasteiger partial charge in [-0.1, -0.05) is 18.2 Å². The minimum absolute atomic E-state index is 0. The second-order valence-electron chi connectivity index (χ2n) is 6.01. The molecule has 0 aromatic heterocycles. The van der Waals surface area contributed by atoms with Crippen molar-refractivity contribution in [2.75, 3.05) is 19.8 Å². The molecule has 0 fully saturated rings. The summed E-state index contributed by atoms with van der Waals surface area (Å²) in [5, 5.41) is 6.48. The molecule has 0 aliphatic carbocycles. The van der Waals surface area contributed by atoms with Gasteiger partial charge in [0.1, 0.15) is 5.82 Å². The number of fused-ring (bicyclic) bond motifs is 1. The predicted molar refractivity (Wildman–Crippen MR) is 116 cm³/mol. The minimum atomic E-state index is -0.233. The van der Waals surface area contributed by atoms with Crippen LogP contribution in [-0.2, 0) is 13.1 Å². The van der Waals surface area contributed by atoms with Gasteiger partial charge >= 0.3 is 0 Å². The summed E-state index contributed by atoms with van der Waals surface area (Å²) in [5.74, 6) is 2.05. The van der Waals surface area contributed by atoms with Crippen LogP contribution in [0.2, 0.25) is 0 Å². The Morgan fingerprint density at radius 2 is 1.70 bits per heavy atom. The maximum Gasteiger partial charge on any atom is 0.191 e. The van der Waals surface area contributed by atoms with Crippen LogP contribution in [-0.4, -0.2) is 25.7 Å². The highest BCUT2D eigenvalue weighted by atomic mass is 127. The lowest BCUT2D eigenvalue weighted by Gasteiger charge is -2.12. The van der Waals surface area contributed by atoms with Gasteiger partial charge in [-0.05, 0) is 42.3 Å². The van der Waals surface area contributed by atoms with Gasteiger partial charge in [0.2, 0.25) is 0 Å². The van der Waals surface area contributed by atoms with E-state index in [9.17, 15) is 4.39 Å². The van der Waals surface area contributed by atoms with Crippen LogP contribution in [0.4, 0.5) is 4.39 Å². The van der Waals surface area contributed by atoms with Gasteiger partial charge < -0.3 is 20.1 Å². The predicted octanol–water partition coefficient (Wildman–Crippen LogP) is 3.86. The van der Waals surface area contributed by atoms with E-state index in [0.29, 0.717) is 32.3 Å². The van der Waals surface area contributed by atoms with E-state index in [0.717, 1.165) is 35.6 Å². The van der Waals surface area contributed by atoms with Crippen molar-refractivity contribution in [3.8, 4) is 11.5 Å². The Hall–Kier alpha value is -2.03. The molecule has 0 radical (unpaired) electrons. The number of benzene rings is 2. The zero-order valence-electron chi connectivity index (χ0n) is 15.3. The van der Waals surface area contributed by atoms with E-state index in [-0.39, 0.29) is 29.8 Å². The second kappa shape index (κ2) is 11.0. The number of nitrogens with zero attached hydrogens (tertiary/aromatic N) is 1. The molecule has 2 aromatic carbocycles. The molecule has 1 aliphatic heterocycles. The standard InChI is InChI=1S/C20H24FN3O2.HI/c1-2-22-20(23-13-15-4-7-17(21)8-5-15)24-14-16-6-9-18-19(12-16)26-11-3-10-25-18;/h4-9,12H,2-3,10-11,13-14H2,1H3,(H2,22,23,24);1H. The van der Waals surface area contributed by atoms with Crippen molar-refractivity contribution in [3.63, 3.8) is 0 Å². The number of rotatable bonds is 5. The SMILES string of the molecule is CCNC(=NCc1ccc2c(c1)OCCCO2)NCc1ccc(F)cc1.I. The number of halogens is 2. The molecule has 0 unspecified atom stereocenters. The first-order chi connectivity index (χ1) is 12.7. The number of hydrogen-bond acceptors (Lipinski definition) is 3. The van der Waals surface area contributed by atoms with Crippen LogP contribution in [0.15, 0.2) is 47.5 Å². The lowest BCUT2D eigenvalue weighted by Crippen LogP contribution is -2.36. The Morgan fingerprint density at radius 3 is 2.44 bits per heavy atom.